The van der Waals surface area contributed by atoms with Crippen LogP contribution >= 0.6 is 0 Å². The van der Waals surface area contributed by atoms with Crippen molar-refractivity contribution in [2.24, 2.45) is 34.0 Å². The molecule has 0 aromatic heterocycles. The first-order valence-corrected chi connectivity index (χ1v) is 9.49. The molecule has 3 aliphatic rings. The van der Waals surface area contributed by atoms with Crippen LogP contribution in [-0.2, 0) is 0 Å². The molecule has 0 radical (unpaired) electrons. The second-order valence-electron chi connectivity index (χ2n) is 9.54. The minimum Gasteiger partial charge on any atom is -0.396 e. The molecule has 21 heavy (non-hydrogen) atoms. The summed E-state index contributed by atoms with van der Waals surface area (Å²) in [6, 6.07) is 0. The normalized spacial score (nSPS) is 49.3. The molecular formula is C20H36O. The van der Waals surface area contributed by atoms with Gasteiger partial charge in [0.05, 0.1) is 0 Å². The summed E-state index contributed by atoms with van der Waals surface area (Å²) in [5.74, 6) is 2.42. The third kappa shape index (κ3) is 2.30. The zero-order chi connectivity index (χ0) is 15.3. The standard InChI is InChI=1S/C20H36O/c1-5-20-12-9-16-18(2,3)10-6-11-19(16,4)17(20)8-7-15(13-20)14-21/h15-17,21H,5-14H2,1-4H3/t15-,16?,17?,19+,20-/m0/s1. The molecule has 0 bridgehead atoms. The molecule has 3 fully saturated rings. The van der Waals surface area contributed by atoms with Crippen molar-refractivity contribution in [3.05, 3.63) is 0 Å². The van der Waals surface area contributed by atoms with E-state index in [0.717, 1.165) is 11.8 Å². The predicted octanol–water partition coefficient (Wildman–Crippen LogP) is 5.42. The van der Waals surface area contributed by atoms with E-state index in [-0.39, 0.29) is 0 Å². The molecule has 1 heteroatoms. The molecule has 5 atom stereocenters. The van der Waals surface area contributed by atoms with Crippen LogP contribution in [0.4, 0.5) is 0 Å². The number of rotatable bonds is 2. The first-order valence-electron chi connectivity index (χ1n) is 9.49. The molecule has 3 saturated carbocycles. The Labute approximate surface area is 131 Å². The van der Waals surface area contributed by atoms with Gasteiger partial charge in [-0.1, -0.05) is 40.5 Å². The molecule has 2 unspecified atom stereocenters. The maximum Gasteiger partial charge on any atom is 0.0459 e. The topological polar surface area (TPSA) is 20.2 Å². The Bertz CT molecular complexity index is 387. The van der Waals surface area contributed by atoms with E-state index in [1.165, 1.54) is 57.8 Å². The van der Waals surface area contributed by atoms with Gasteiger partial charge in [-0.15, -0.1) is 0 Å². The lowest BCUT2D eigenvalue weighted by molar-refractivity contribution is -0.161. The first kappa shape index (κ1) is 15.8. The van der Waals surface area contributed by atoms with Gasteiger partial charge in [-0.2, -0.15) is 0 Å². The summed E-state index contributed by atoms with van der Waals surface area (Å²) in [4.78, 5) is 0. The van der Waals surface area contributed by atoms with Crippen molar-refractivity contribution >= 4 is 0 Å². The SMILES string of the molecule is CC[C@@]12CCC3C(C)(C)CCC[C@@]3(C)C1CC[C@H](CO)C2. The molecule has 0 saturated heterocycles. The third-order valence-electron chi connectivity index (χ3n) is 8.26. The fraction of sp³-hybridized carbons (Fsp3) is 1.00. The molecule has 3 aliphatic carbocycles. The van der Waals surface area contributed by atoms with E-state index in [1.807, 2.05) is 0 Å². The third-order valence-corrected chi connectivity index (χ3v) is 8.26. The minimum atomic E-state index is 0.417. The van der Waals surface area contributed by atoms with Crippen molar-refractivity contribution in [3.8, 4) is 0 Å². The van der Waals surface area contributed by atoms with E-state index in [2.05, 4.69) is 27.7 Å². The summed E-state index contributed by atoms with van der Waals surface area (Å²) in [5.41, 5.74) is 1.65. The lowest BCUT2D eigenvalue weighted by Gasteiger charge is -2.65. The zero-order valence-corrected chi connectivity index (χ0v) is 14.8. The van der Waals surface area contributed by atoms with Crippen molar-refractivity contribution in [3.63, 3.8) is 0 Å². The van der Waals surface area contributed by atoms with Crippen molar-refractivity contribution < 1.29 is 5.11 Å². The summed E-state index contributed by atoms with van der Waals surface area (Å²) in [6.45, 7) is 10.6. The van der Waals surface area contributed by atoms with Gasteiger partial charge in [-0.05, 0) is 78.9 Å². The van der Waals surface area contributed by atoms with Crippen LogP contribution in [0.5, 0.6) is 0 Å². The van der Waals surface area contributed by atoms with Gasteiger partial charge in [-0.25, -0.2) is 0 Å². The maximum atomic E-state index is 9.67. The molecule has 1 N–H and O–H groups in total. The Hall–Kier alpha value is -0.0400. The average Bonchev–Trinajstić information content (AvgIpc) is 2.45. The van der Waals surface area contributed by atoms with Gasteiger partial charge in [0, 0.05) is 6.61 Å². The molecular weight excluding hydrogens is 256 g/mol. The van der Waals surface area contributed by atoms with Gasteiger partial charge in [-0.3, -0.25) is 0 Å². The Morgan fingerprint density at radius 2 is 1.71 bits per heavy atom. The molecule has 0 amide bonds. The number of fused-ring (bicyclic) bond motifs is 3. The highest BCUT2D eigenvalue weighted by Gasteiger charge is 2.59. The summed E-state index contributed by atoms with van der Waals surface area (Å²) in [5, 5.41) is 9.67. The Balaban J connectivity index is 1.94. The number of aliphatic hydroxyl groups excluding tert-OH is 1. The average molecular weight is 293 g/mol. The molecule has 1 nitrogen and oxygen atoms in total. The fourth-order valence-corrected chi connectivity index (χ4v) is 7.29. The van der Waals surface area contributed by atoms with Gasteiger partial charge in [0.25, 0.3) is 0 Å². The monoisotopic (exact) mass is 292 g/mol. The Morgan fingerprint density at radius 1 is 0.952 bits per heavy atom. The van der Waals surface area contributed by atoms with Gasteiger partial charge in [0.1, 0.15) is 0 Å². The molecule has 0 aliphatic heterocycles. The van der Waals surface area contributed by atoms with E-state index >= 15 is 0 Å². The summed E-state index contributed by atoms with van der Waals surface area (Å²) >= 11 is 0. The van der Waals surface area contributed by atoms with Crippen LogP contribution in [0.15, 0.2) is 0 Å². The van der Waals surface area contributed by atoms with E-state index in [0.29, 0.717) is 28.8 Å². The van der Waals surface area contributed by atoms with Crippen molar-refractivity contribution in [2.75, 3.05) is 6.61 Å². The highest BCUT2D eigenvalue weighted by molar-refractivity contribution is 5.09. The van der Waals surface area contributed by atoms with E-state index in [1.54, 1.807) is 0 Å². The van der Waals surface area contributed by atoms with Crippen LogP contribution < -0.4 is 0 Å². The molecule has 0 aromatic rings. The van der Waals surface area contributed by atoms with Crippen molar-refractivity contribution in [2.45, 2.75) is 85.5 Å². The van der Waals surface area contributed by atoms with Crippen LogP contribution in [-0.4, -0.2) is 11.7 Å². The Kier molecular flexibility index (Phi) is 3.96. The van der Waals surface area contributed by atoms with Crippen molar-refractivity contribution in [1.29, 1.82) is 0 Å². The number of aliphatic hydroxyl groups is 1. The van der Waals surface area contributed by atoms with E-state index < -0.39 is 0 Å². The lowest BCUT2D eigenvalue weighted by atomic mass is 9.40. The minimum absolute atomic E-state index is 0.417. The first-order chi connectivity index (χ1) is 9.88. The fourth-order valence-electron chi connectivity index (χ4n) is 7.29. The second kappa shape index (κ2) is 5.25. The summed E-state index contributed by atoms with van der Waals surface area (Å²) in [6.07, 6.45) is 12.5. The highest BCUT2D eigenvalue weighted by Crippen LogP contribution is 2.68. The number of hydrogen-bond acceptors (Lipinski definition) is 1. The molecule has 0 aromatic carbocycles. The van der Waals surface area contributed by atoms with Gasteiger partial charge in [0.15, 0.2) is 0 Å². The van der Waals surface area contributed by atoms with Crippen LogP contribution in [0.2, 0.25) is 0 Å². The van der Waals surface area contributed by atoms with Crippen molar-refractivity contribution in [1.82, 2.24) is 0 Å². The van der Waals surface area contributed by atoms with Crippen LogP contribution in [0.1, 0.15) is 85.5 Å². The van der Waals surface area contributed by atoms with E-state index in [9.17, 15) is 5.11 Å². The maximum absolute atomic E-state index is 9.67. The molecule has 0 heterocycles. The highest BCUT2D eigenvalue weighted by atomic mass is 16.3. The van der Waals surface area contributed by atoms with E-state index in [4.69, 9.17) is 0 Å². The quantitative estimate of drug-likeness (QED) is 0.720. The predicted molar refractivity (Wildman–Crippen MR) is 89.1 cm³/mol. The molecule has 3 rings (SSSR count). The van der Waals surface area contributed by atoms with Gasteiger partial charge >= 0.3 is 0 Å². The summed E-state index contributed by atoms with van der Waals surface area (Å²) < 4.78 is 0. The molecule has 0 spiro atoms. The van der Waals surface area contributed by atoms with Crippen LogP contribution in [0.25, 0.3) is 0 Å². The number of hydrogen-bond donors (Lipinski definition) is 1. The Morgan fingerprint density at radius 3 is 2.38 bits per heavy atom. The smallest absolute Gasteiger partial charge is 0.0459 e. The summed E-state index contributed by atoms with van der Waals surface area (Å²) in [7, 11) is 0. The largest absolute Gasteiger partial charge is 0.396 e. The lowest BCUT2D eigenvalue weighted by Crippen LogP contribution is -2.57. The van der Waals surface area contributed by atoms with Gasteiger partial charge < -0.3 is 5.11 Å². The van der Waals surface area contributed by atoms with Gasteiger partial charge in [0.2, 0.25) is 0 Å². The van der Waals surface area contributed by atoms with Crippen LogP contribution in [0.3, 0.4) is 0 Å². The zero-order valence-electron chi connectivity index (χ0n) is 14.8. The molecule has 122 valence electrons. The van der Waals surface area contributed by atoms with Crippen LogP contribution in [0, 0.1) is 34.0 Å². The second-order valence-corrected chi connectivity index (χ2v) is 9.54.